The van der Waals surface area contributed by atoms with Crippen molar-refractivity contribution in [2.45, 2.75) is 26.3 Å². The Balaban J connectivity index is 1.42. The van der Waals surface area contributed by atoms with Gasteiger partial charge in [0.05, 0.1) is 11.0 Å². The molecule has 0 radical (unpaired) electrons. The number of imidazole rings is 1. The van der Waals surface area contributed by atoms with Crippen LogP contribution in [0.4, 0.5) is 11.6 Å². The lowest BCUT2D eigenvalue weighted by Gasteiger charge is -2.37. The molecule has 2 aliphatic rings. The zero-order chi connectivity index (χ0) is 18.4. The summed E-state index contributed by atoms with van der Waals surface area (Å²) in [6, 6.07) is 14.8. The first kappa shape index (κ1) is 16.9. The zero-order valence-electron chi connectivity index (χ0n) is 15.7. The molecule has 1 saturated heterocycles. The number of halogens is 1. The molecule has 0 bridgehead atoms. The zero-order valence-corrected chi connectivity index (χ0v) is 16.5. The van der Waals surface area contributed by atoms with Gasteiger partial charge in [-0.1, -0.05) is 29.8 Å². The van der Waals surface area contributed by atoms with E-state index in [0.717, 1.165) is 55.1 Å². The van der Waals surface area contributed by atoms with Gasteiger partial charge in [-0.05, 0) is 55.5 Å². The van der Waals surface area contributed by atoms with Crippen LogP contribution < -0.4 is 9.80 Å². The number of piperazine rings is 1. The van der Waals surface area contributed by atoms with Crippen molar-refractivity contribution < 1.29 is 0 Å². The maximum Gasteiger partial charge on any atom is 0.206 e. The van der Waals surface area contributed by atoms with Crippen LogP contribution in [0, 0.1) is 12.8 Å². The van der Waals surface area contributed by atoms with Crippen LogP contribution in [-0.2, 0) is 6.54 Å². The molecule has 2 fully saturated rings. The van der Waals surface area contributed by atoms with Crippen LogP contribution in [0.15, 0.2) is 42.5 Å². The van der Waals surface area contributed by atoms with E-state index in [4.69, 9.17) is 16.6 Å². The fourth-order valence-electron chi connectivity index (χ4n) is 4.14. The van der Waals surface area contributed by atoms with Crippen molar-refractivity contribution in [3.8, 4) is 0 Å². The van der Waals surface area contributed by atoms with E-state index in [1.807, 2.05) is 12.1 Å². The first-order valence-electron chi connectivity index (χ1n) is 9.90. The van der Waals surface area contributed by atoms with Gasteiger partial charge in [0.25, 0.3) is 0 Å². The molecule has 0 N–H and O–H groups in total. The van der Waals surface area contributed by atoms with Crippen molar-refractivity contribution in [2.24, 2.45) is 5.92 Å². The second kappa shape index (κ2) is 6.75. The van der Waals surface area contributed by atoms with Gasteiger partial charge in [0.15, 0.2) is 0 Å². The highest BCUT2D eigenvalue weighted by Gasteiger charge is 2.27. The average Bonchev–Trinajstić information content (AvgIpc) is 3.43. The van der Waals surface area contributed by atoms with Gasteiger partial charge in [0.1, 0.15) is 0 Å². The van der Waals surface area contributed by atoms with E-state index in [-0.39, 0.29) is 0 Å². The Hall–Kier alpha value is -2.20. The van der Waals surface area contributed by atoms with E-state index >= 15 is 0 Å². The molecular weight excluding hydrogens is 356 g/mol. The summed E-state index contributed by atoms with van der Waals surface area (Å²) in [6.45, 7) is 7.31. The Morgan fingerprint density at radius 2 is 1.74 bits per heavy atom. The van der Waals surface area contributed by atoms with Crippen LogP contribution in [0.3, 0.4) is 0 Å². The van der Waals surface area contributed by atoms with Gasteiger partial charge >= 0.3 is 0 Å². The van der Waals surface area contributed by atoms with Crippen LogP contribution in [0.25, 0.3) is 11.0 Å². The predicted octanol–water partition coefficient (Wildman–Crippen LogP) is 4.73. The molecule has 0 atom stereocenters. The highest BCUT2D eigenvalue weighted by atomic mass is 35.5. The van der Waals surface area contributed by atoms with E-state index in [0.29, 0.717) is 0 Å². The Bertz CT molecular complexity index is 968. The Morgan fingerprint density at radius 1 is 1.00 bits per heavy atom. The number of aromatic nitrogens is 2. The standard InChI is InChI=1S/C22H25ClN4/c1-16-4-2-3-5-20(16)25-10-12-26(13-11-25)22-24-19-14-18(23)8-9-21(19)27(22)15-17-6-7-17/h2-5,8-9,14,17H,6-7,10-13,15H2,1H3. The van der Waals surface area contributed by atoms with Crippen molar-refractivity contribution in [3.63, 3.8) is 0 Å². The third-order valence-corrected chi connectivity index (χ3v) is 6.08. The maximum absolute atomic E-state index is 6.22. The molecule has 1 aliphatic heterocycles. The first-order valence-corrected chi connectivity index (χ1v) is 10.3. The molecule has 5 rings (SSSR count). The smallest absolute Gasteiger partial charge is 0.206 e. The van der Waals surface area contributed by atoms with Crippen LogP contribution >= 0.6 is 11.6 Å². The predicted molar refractivity (Wildman–Crippen MR) is 113 cm³/mol. The molecule has 2 heterocycles. The summed E-state index contributed by atoms with van der Waals surface area (Å²) < 4.78 is 2.42. The van der Waals surface area contributed by atoms with E-state index in [1.165, 1.54) is 29.6 Å². The van der Waals surface area contributed by atoms with Gasteiger partial charge < -0.3 is 14.4 Å². The summed E-state index contributed by atoms with van der Waals surface area (Å²) >= 11 is 6.22. The number of hydrogen-bond acceptors (Lipinski definition) is 3. The number of benzene rings is 2. The molecule has 1 aromatic heterocycles. The molecule has 4 nitrogen and oxygen atoms in total. The number of fused-ring (bicyclic) bond motifs is 1. The SMILES string of the molecule is Cc1ccccc1N1CCN(c2nc3cc(Cl)ccc3n2CC2CC2)CC1. The molecule has 2 aromatic carbocycles. The molecule has 140 valence electrons. The van der Waals surface area contributed by atoms with Crippen LogP contribution in [0.1, 0.15) is 18.4 Å². The molecule has 0 amide bonds. The highest BCUT2D eigenvalue weighted by Crippen LogP contribution is 2.35. The lowest BCUT2D eigenvalue weighted by molar-refractivity contribution is 0.592. The monoisotopic (exact) mass is 380 g/mol. The Kier molecular flexibility index (Phi) is 4.24. The minimum absolute atomic E-state index is 0.759. The second-order valence-corrected chi connectivity index (χ2v) is 8.30. The molecule has 27 heavy (non-hydrogen) atoms. The average molecular weight is 381 g/mol. The van der Waals surface area contributed by atoms with Crippen molar-refractivity contribution in [1.29, 1.82) is 0 Å². The molecule has 3 aromatic rings. The lowest BCUT2D eigenvalue weighted by Crippen LogP contribution is -2.47. The minimum Gasteiger partial charge on any atom is -0.368 e. The summed E-state index contributed by atoms with van der Waals surface area (Å²) in [5.41, 5.74) is 4.93. The number of aryl methyl sites for hydroxylation is 1. The highest BCUT2D eigenvalue weighted by molar-refractivity contribution is 6.31. The molecular formula is C22H25ClN4. The van der Waals surface area contributed by atoms with Gasteiger partial charge in [-0.3, -0.25) is 0 Å². The topological polar surface area (TPSA) is 24.3 Å². The summed E-state index contributed by atoms with van der Waals surface area (Å²) in [5, 5.41) is 0.759. The van der Waals surface area contributed by atoms with Gasteiger partial charge in [-0.25, -0.2) is 4.98 Å². The summed E-state index contributed by atoms with van der Waals surface area (Å²) in [6.07, 6.45) is 2.68. The quantitative estimate of drug-likeness (QED) is 0.653. The van der Waals surface area contributed by atoms with E-state index in [9.17, 15) is 0 Å². The number of nitrogens with zero attached hydrogens (tertiary/aromatic N) is 4. The fourth-order valence-corrected chi connectivity index (χ4v) is 4.30. The third kappa shape index (κ3) is 3.27. The number of hydrogen-bond donors (Lipinski definition) is 0. The second-order valence-electron chi connectivity index (χ2n) is 7.86. The summed E-state index contributed by atoms with van der Waals surface area (Å²) in [7, 11) is 0. The molecule has 0 spiro atoms. The van der Waals surface area contributed by atoms with E-state index in [2.05, 4.69) is 51.6 Å². The normalized spacial score (nSPS) is 17.7. The molecule has 0 unspecified atom stereocenters. The Labute approximate surface area is 165 Å². The van der Waals surface area contributed by atoms with Crippen LogP contribution in [0.2, 0.25) is 5.02 Å². The van der Waals surface area contributed by atoms with Crippen LogP contribution in [-0.4, -0.2) is 35.7 Å². The Morgan fingerprint density at radius 3 is 2.48 bits per heavy atom. The van der Waals surface area contributed by atoms with Gasteiger partial charge in [0.2, 0.25) is 5.95 Å². The largest absolute Gasteiger partial charge is 0.368 e. The van der Waals surface area contributed by atoms with Crippen LogP contribution in [0.5, 0.6) is 0 Å². The molecule has 1 saturated carbocycles. The van der Waals surface area contributed by atoms with Gasteiger partial charge in [-0.2, -0.15) is 0 Å². The maximum atomic E-state index is 6.22. The van der Waals surface area contributed by atoms with E-state index in [1.54, 1.807) is 0 Å². The van der Waals surface area contributed by atoms with Crippen molar-refractivity contribution >= 4 is 34.3 Å². The fraction of sp³-hybridized carbons (Fsp3) is 0.409. The van der Waals surface area contributed by atoms with E-state index < -0.39 is 0 Å². The number of para-hydroxylation sites is 1. The lowest BCUT2D eigenvalue weighted by atomic mass is 10.1. The number of anilines is 2. The molecule has 1 aliphatic carbocycles. The third-order valence-electron chi connectivity index (χ3n) is 5.85. The summed E-state index contributed by atoms with van der Waals surface area (Å²) in [4.78, 5) is 9.93. The molecule has 5 heteroatoms. The van der Waals surface area contributed by atoms with Gasteiger partial charge in [0, 0.05) is 43.4 Å². The van der Waals surface area contributed by atoms with Crippen molar-refractivity contribution in [3.05, 3.63) is 53.1 Å². The van der Waals surface area contributed by atoms with Crippen molar-refractivity contribution in [1.82, 2.24) is 9.55 Å². The summed E-state index contributed by atoms with van der Waals surface area (Å²) in [5.74, 6) is 1.92. The number of rotatable bonds is 4. The van der Waals surface area contributed by atoms with Gasteiger partial charge in [-0.15, -0.1) is 0 Å². The van der Waals surface area contributed by atoms with Crippen molar-refractivity contribution in [2.75, 3.05) is 36.0 Å². The minimum atomic E-state index is 0.759. The first-order chi connectivity index (χ1) is 13.2.